The van der Waals surface area contributed by atoms with Crippen LogP contribution < -0.4 is 9.47 Å². The van der Waals surface area contributed by atoms with Gasteiger partial charge in [-0.25, -0.2) is 9.59 Å². The zero-order valence-corrected chi connectivity index (χ0v) is 20.9. The molecule has 0 amide bonds. The topological polar surface area (TPSA) is 89.5 Å². The number of ether oxygens (including phenoxy) is 2. The summed E-state index contributed by atoms with van der Waals surface area (Å²) < 4.78 is 11.2. The molecule has 1 atom stereocenters. The fourth-order valence-corrected chi connectivity index (χ4v) is 3.33. The Morgan fingerprint density at radius 2 is 1.31 bits per heavy atom. The molecule has 1 saturated carbocycles. The molecule has 0 spiro atoms. The van der Waals surface area contributed by atoms with Crippen LogP contribution in [0.25, 0.3) is 0 Å². The highest BCUT2D eigenvalue weighted by Crippen LogP contribution is 2.30. The maximum absolute atomic E-state index is 12.4. The van der Waals surface area contributed by atoms with Crippen molar-refractivity contribution in [3.05, 3.63) is 72.2 Å². The lowest BCUT2D eigenvalue weighted by molar-refractivity contribution is -0.317. The molecule has 2 aromatic carbocycles. The van der Waals surface area contributed by atoms with E-state index in [0.717, 1.165) is 32.1 Å². The first-order valence-corrected chi connectivity index (χ1v) is 12.5. The van der Waals surface area contributed by atoms with Crippen LogP contribution >= 0.6 is 0 Å². The molecule has 0 bridgehead atoms. The highest BCUT2D eigenvalue weighted by Gasteiger charge is 2.33. The Morgan fingerprint density at radius 1 is 0.778 bits per heavy atom. The molecule has 2 radical (unpaired) electrons. The second-order valence-electron chi connectivity index (χ2n) is 8.39. The Labute approximate surface area is 212 Å². The van der Waals surface area contributed by atoms with Gasteiger partial charge in [0.05, 0.1) is 24.3 Å². The largest absolute Gasteiger partial charge is 0.494 e. The van der Waals surface area contributed by atoms with Crippen molar-refractivity contribution in [1.29, 1.82) is 0 Å². The highest BCUT2D eigenvalue weighted by atomic mass is 17.2. The Hall–Kier alpha value is -3.10. The number of benzene rings is 2. The van der Waals surface area contributed by atoms with Crippen molar-refractivity contribution >= 4 is 11.9 Å². The molecule has 8 nitrogen and oxygen atoms in total. The number of carbonyl (C=O) groups excluding carboxylic acids is 2. The molecule has 1 fully saturated rings. The monoisotopic (exact) mass is 498 g/mol. The SMILES string of the molecule is CCCCOc1ccc(C(=O)OO[C]2CC[CH]CC2OOC(=O)c2ccc(OCCCC)cc2)cc1. The van der Waals surface area contributed by atoms with Gasteiger partial charge >= 0.3 is 11.9 Å². The predicted octanol–water partition coefficient (Wildman–Crippen LogP) is 6.21. The quantitative estimate of drug-likeness (QED) is 0.173. The predicted molar refractivity (Wildman–Crippen MR) is 132 cm³/mol. The van der Waals surface area contributed by atoms with E-state index in [2.05, 4.69) is 13.8 Å². The van der Waals surface area contributed by atoms with Gasteiger partial charge in [0.25, 0.3) is 0 Å². The molecule has 0 aromatic heterocycles. The van der Waals surface area contributed by atoms with Crippen molar-refractivity contribution in [3.8, 4) is 11.5 Å². The molecular formula is C28H34O8. The zero-order valence-electron chi connectivity index (χ0n) is 20.9. The van der Waals surface area contributed by atoms with Crippen molar-refractivity contribution in [2.24, 2.45) is 0 Å². The van der Waals surface area contributed by atoms with E-state index in [1.165, 1.54) is 0 Å². The third-order valence-corrected chi connectivity index (χ3v) is 5.51. The van der Waals surface area contributed by atoms with E-state index in [4.69, 9.17) is 29.0 Å². The molecule has 194 valence electrons. The summed E-state index contributed by atoms with van der Waals surface area (Å²) in [4.78, 5) is 45.5. The number of rotatable bonds is 14. The summed E-state index contributed by atoms with van der Waals surface area (Å²) in [5.74, 6) is 0.0896. The standard InChI is InChI=1S/C28H34O8/c1-3-5-19-31-23-15-11-21(12-16-23)27(29)35-33-25-9-7-8-10-26(25)34-36-28(30)22-13-17-24(18-14-22)32-20-6-4-2/h7,11-18,25H,3-6,8-10,19-20H2,1-2H3. The average Bonchev–Trinajstić information content (AvgIpc) is 2.92. The molecule has 2 aromatic rings. The lowest BCUT2D eigenvalue weighted by Gasteiger charge is -2.26. The third-order valence-electron chi connectivity index (χ3n) is 5.51. The van der Waals surface area contributed by atoms with Gasteiger partial charge in [0.2, 0.25) is 0 Å². The lowest BCUT2D eigenvalue weighted by Crippen LogP contribution is -2.30. The summed E-state index contributed by atoms with van der Waals surface area (Å²) in [6.45, 7) is 5.44. The van der Waals surface area contributed by atoms with Crippen LogP contribution in [0.3, 0.4) is 0 Å². The van der Waals surface area contributed by atoms with Crippen LogP contribution in [-0.4, -0.2) is 31.3 Å². The number of carbonyl (C=O) groups is 2. The number of hydrogen-bond donors (Lipinski definition) is 0. The first-order chi connectivity index (χ1) is 17.6. The van der Waals surface area contributed by atoms with E-state index >= 15 is 0 Å². The van der Waals surface area contributed by atoms with Gasteiger partial charge < -0.3 is 9.47 Å². The first kappa shape index (κ1) is 27.5. The van der Waals surface area contributed by atoms with Crippen molar-refractivity contribution in [1.82, 2.24) is 0 Å². The highest BCUT2D eigenvalue weighted by molar-refractivity contribution is 5.89. The molecular weight excluding hydrogens is 464 g/mol. The maximum atomic E-state index is 12.4. The minimum absolute atomic E-state index is 0.326. The molecule has 0 N–H and O–H groups in total. The number of hydrogen-bond acceptors (Lipinski definition) is 8. The Bertz CT molecular complexity index is 848. The lowest BCUT2D eigenvalue weighted by atomic mass is 9.95. The first-order valence-electron chi connectivity index (χ1n) is 12.5. The van der Waals surface area contributed by atoms with E-state index in [0.29, 0.717) is 54.8 Å². The molecule has 1 aliphatic rings. The summed E-state index contributed by atoms with van der Waals surface area (Å²) in [5, 5.41) is 0. The molecule has 36 heavy (non-hydrogen) atoms. The molecule has 8 heteroatoms. The van der Waals surface area contributed by atoms with E-state index in [1.54, 1.807) is 48.5 Å². The zero-order chi connectivity index (χ0) is 25.6. The smallest absolute Gasteiger partial charge is 0.373 e. The van der Waals surface area contributed by atoms with Crippen LogP contribution in [0.5, 0.6) is 11.5 Å². The van der Waals surface area contributed by atoms with Crippen molar-refractivity contribution < 1.29 is 38.6 Å². The van der Waals surface area contributed by atoms with E-state index in [1.807, 2.05) is 6.42 Å². The van der Waals surface area contributed by atoms with Gasteiger partial charge in [0, 0.05) is 0 Å². The summed E-state index contributed by atoms with van der Waals surface area (Å²) in [6.07, 6.45) is 7.36. The van der Waals surface area contributed by atoms with Gasteiger partial charge in [-0.05, 0) is 87.1 Å². The van der Waals surface area contributed by atoms with Crippen molar-refractivity contribution in [3.63, 3.8) is 0 Å². The van der Waals surface area contributed by atoms with Crippen LogP contribution in [0.4, 0.5) is 0 Å². The average molecular weight is 499 g/mol. The molecule has 1 unspecified atom stereocenters. The van der Waals surface area contributed by atoms with Crippen molar-refractivity contribution in [2.75, 3.05) is 13.2 Å². The summed E-state index contributed by atoms with van der Waals surface area (Å²) >= 11 is 0. The van der Waals surface area contributed by atoms with Crippen LogP contribution in [0, 0.1) is 12.5 Å². The molecule has 3 rings (SSSR count). The number of unbranched alkanes of at least 4 members (excludes halogenated alkanes) is 2. The van der Waals surface area contributed by atoms with E-state index in [-0.39, 0.29) is 0 Å². The second kappa shape index (κ2) is 15.1. The summed E-state index contributed by atoms with van der Waals surface area (Å²) in [5.41, 5.74) is 0.653. The Morgan fingerprint density at radius 3 is 1.83 bits per heavy atom. The second-order valence-corrected chi connectivity index (χ2v) is 8.39. The maximum Gasteiger partial charge on any atom is 0.373 e. The molecule has 0 heterocycles. The van der Waals surface area contributed by atoms with Gasteiger partial charge in [0.1, 0.15) is 17.6 Å². The van der Waals surface area contributed by atoms with Gasteiger partial charge in [-0.3, -0.25) is 9.78 Å². The minimum Gasteiger partial charge on any atom is -0.494 e. The van der Waals surface area contributed by atoms with Gasteiger partial charge in [-0.2, -0.15) is 9.78 Å². The molecule has 1 aliphatic carbocycles. The Balaban J connectivity index is 1.45. The van der Waals surface area contributed by atoms with E-state index in [9.17, 15) is 9.59 Å². The van der Waals surface area contributed by atoms with Crippen molar-refractivity contribution in [2.45, 2.75) is 64.9 Å². The normalized spacial score (nSPS) is 15.8. The van der Waals surface area contributed by atoms with Crippen LogP contribution in [0.15, 0.2) is 48.5 Å². The van der Waals surface area contributed by atoms with Gasteiger partial charge in [-0.15, -0.1) is 0 Å². The van der Waals surface area contributed by atoms with Gasteiger partial charge in [-0.1, -0.05) is 26.7 Å². The van der Waals surface area contributed by atoms with E-state index < -0.39 is 18.0 Å². The molecule has 0 saturated heterocycles. The molecule has 0 aliphatic heterocycles. The Kier molecular flexibility index (Phi) is 11.5. The van der Waals surface area contributed by atoms with Crippen LogP contribution in [-0.2, 0) is 19.6 Å². The minimum atomic E-state index is -0.679. The third kappa shape index (κ3) is 8.84. The van der Waals surface area contributed by atoms with Crippen LogP contribution in [0.2, 0.25) is 0 Å². The fraction of sp³-hybridized carbons (Fsp3) is 0.429. The summed E-state index contributed by atoms with van der Waals surface area (Å²) in [6, 6.07) is 13.3. The van der Waals surface area contributed by atoms with Gasteiger partial charge in [0.15, 0.2) is 6.10 Å². The summed E-state index contributed by atoms with van der Waals surface area (Å²) in [7, 11) is 0. The fourth-order valence-electron chi connectivity index (χ4n) is 3.33. The van der Waals surface area contributed by atoms with Crippen LogP contribution in [0.1, 0.15) is 79.5 Å².